The molecule has 3 aromatic carbocycles. The fourth-order valence-electron chi connectivity index (χ4n) is 4.45. The van der Waals surface area contributed by atoms with Crippen LogP contribution in [0.5, 0.6) is 11.6 Å². The average molecular weight is 442 g/mol. The highest BCUT2D eigenvalue weighted by molar-refractivity contribution is 6.10. The van der Waals surface area contributed by atoms with Gasteiger partial charge in [0.25, 0.3) is 0 Å². The van der Waals surface area contributed by atoms with Gasteiger partial charge in [-0.05, 0) is 60.0 Å². The Morgan fingerprint density at radius 1 is 0.706 bits per heavy atom. The van der Waals surface area contributed by atoms with Crippen molar-refractivity contribution in [3.8, 4) is 28.6 Å². The Hall–Kier alpha value is -4.44. The second-order valence-corrected chi connectivity index (χ2v) is 8.22. The lowest BCUT2D eigenvalue weighted by molar-refractivity contribution is 0.463. The van der Waals surface area contributed by atoms with Crippen molar-refractivity contribution in [2.24, 2.45) is 0 Å². The van der Waals surface area contributed by atoms with Crippen molar-refractivity contribution in [1.82, 2.24) is 14.5 Å². The third-order valence-corrected chi connectivity index (χ3v) is 6.08. The minimum absolute atomic E-state index is 0.581. The number of nitrogens with zero attached hydrogens (tertiary/aromatic N) is 3. The Morgan fingerprint density at radius 2 is 1.53 bits per heavy atom. The van der Waals surface area contributed by atoms with Gasteiger partial charge in [0.15, 0.2) is 0 Å². The van der Waals surface area contributed by atoms with Crippen LogP contribution in [0.1, 0.15) is 12.6 Å². The first kappa shape index (κ1) is 20.2. The van der Waals surface area contributed by atoms with Crippen LogP contribution in [0, 0.1) is 0 Å². The number of hydrogen-bond donors (Lipinski definition) is 0. The molecule has 0 fully saturated rings. The van der Waals surface area contributed by atoms with Crippen molar-refractivity contribution in [3.05, 3.63) is 115 Å². The van der Waals surface area contributed by atoms with E-state index in [9.17, 15) is 0 Å². The normalized spacial score (nSPS) is 11.2. The highest BCUT2D eigenvalue weighted by Gasteiger charge is 2.14. The van der Waals surface area contributed by atoms with Gasteiger partial charge in [0.2, 0.25) is 5.88 Å². The van der Waals surface area contributed by atoms with Crippen LogP contribution in [0.25, 0.3) is 38.8 Å². The molecule has 6 rings (SSSR count). The predicted octanol–water partition coefficient (Wildman–Crippen LogP) is 7.60. The summed E-state index contributed by atoms with van der Waals surface area (Å²) in [4.78, 5) is 9.20. The smallest absolute Gasteiger partial charge is 0.219 e. The molecule has 0 aliphatic rings. The maximum Gasteiger partial charge on any atom is 0.219 e. The van der Waals surface area contributed by atoms with E-state index in [-0.39, 0.29) is 0 Å². The first-order chi connectivity index (χ1) is 16.8. The van der Waals surface area contributed by atoms with E-state index < -0.39 is 0 Å². The summed E-state index contributed by atoms with van der Waals surface area (Å²) in [6, 6.07) is 35.2. The van der Waals surface area contributed by atoms with Gasteiger partial charge in [-0.2, -0.15) is 0 Å². The van der Waals surface area contributed by atoms with Gasteiger partial charge in [-0.25, -0.2) is 9.97 Å². The van der Waals surface area contributed by atoms with Crippen molar-refractivity contribution >= 4 is 21.8 Å². The van der Waals surface area contributed by atoms with Gasteiger partial charge in [0.05, 0.1) is 11.0 Å². The van der Waals surface area contributed by atoms with Crippen LogP contribution >= 0.6 is 0 Å². The summed E-state index contributed by atoms with van der Waals surface area (Å²) in [5.41, 5.74) is 5.58. The third-order valence-electron chi connectivity index (χ3n) is 6.08. The number of aryl methyl sites for hydroxylation is 1. The van der Waals surface area contributed by atoms with Gasteiger partial charge in [-0.15, -0.1) is 0 Å². The molecule has 0 aliphatic heterocycles. The lowest BCUT2D eigenvalue weighted by Crippen LogP contribution is -1.99. The van der Waals surface area contributed by atoms with Crippen LogP contribution in [0.2, 0.25) is 0 Å². The number of hydrogen-bond acceptors (Lipinski definition) is 3. The van der Waals surface area contributed by atoms with Crippen molar-refractivity contribution in [2.45, 2.75) is 13.3 Å². The first-order valence-corrected chi connectivity index (χ1v) is 11.5. The van der Waals surface area contributed by atoms with E-state index in [4.69, 9.17) is 9.72 Å². The number of benzene rings is 3. The molecule has 164 valence electrons. The first-order valence-electron chi connectivity index (χ1n) is 11.5. The Labute approximate surface area is 198 Å². The summed E-state index contributed by atoms with van der Waals surface area (Å²) in [7, 11) is 0. The van der Waals surface area contributed by atoms with Crippen molar-refractivity contribution in [3.63, 3.8) is 0 Å². The quantitative estimate of drug-likeness (QED) is 0.277. The molecule has 0 atom stereocenters. The molecule has 4 heteroatoms. The molecule has 3 heterocycles. The van der Waals surface area contributed by atoms with Gasteiger partial charge in [-0.3, -0.25) is 4.57 Å². The lowest BCUT2D eigenvalue weighted by Gasteiger charge is -2.10. The van der Waals surface area contributed by atoms with E-state index in [1.807, 2.05) is 30.3 Å². The van der Waals surface area contributed by atoms with Crippen molar-refractivity contribution < 1.29 is 4.74 Å². The molecule has 0 N–H and O–H groups in total. The van der Waals surface area contributed by atoms with E-state index in [0.717, 1.165) is 45.8 Å². The molecule has 0 saturated carbocycles. The molecular formula is C30H23N3O. The Morgan fingerprint density at radius 3 is 2.41 bits per heavy atom. The molecule has 0 saturated heterocycles. The number of fused-ring (bicyclic) bond motifs is 3. The fourth-order valence-corrected chi connectivity index (χ4v) is 4.45. The zero-order chi connectivity index (χ0) is 22.9. The molecule has 0 spiro atoms. The maximum absolute atomic E-state index is 5.97. The van der Waals surface area contributed by atoms with E-state index >= 15 is 0 Å². The molecule has 34 heavy (non-hydrogen) atoms. The van der Waals surface area contributed by atoms with Crippen LogP contribution < -0.4 is 4.74 Å². The summed E-state index contributed by atoms with van der Waals surface area (Å²) < 4.78 is 8.23. The number of rotatable bonds is 5. The Balaban J connectivity index is 1.51. The molecule has 6 aromatic rings. The summed E-state index contributed by atoms with van der Waals surface area (Å²) in [6.45, 7) is 2.14. The molecule has 0 aliphatic carbocycles. The highest BCUT2D eigenvalue weighted by atomic mass is 16.5. The van der Waals surface area contributed by atoms with E-state index in [0.29, 0.717) is 5.88 Å². The monoisotopic (exact) mass is 441 g/mol. The van der Waals surface area contributed by atoms with Crippen LogP contribution in [-0.2, 0) is 6.42 Å². The van der Waals surface area contributed by atoms with Crippen LogP contribution in [0.15, 0.2) is 109 Å². The second-order valence-electron chi connectivity index (χ2n) is 8.22. The summed E-state index contributed by atoms with van der Waals surface area (Å²) in [6.07, 6.45) is 2.63. The number of aromatic nitrogens is 3. The van der Waals surface area contributed by atoms with Gasteiger partial charge in [-0.1, -0.05) is 61.5 Å². The van der Waals surface area contributed by atoms with Gasteiger partial charge >= 0.3 is 0 Å². The number of pyridine rings is 2. The molecule has 0 unspecified atom stereocenters. The summed E-state index contributed by atoms with van der Waals surface area (Å²) >= 11 is 0. The topological polar surface area (TPSA) is 39.9 Å². The number of ether oxygens (including phenoxy) is 1. The SMILES string of the molecule is CCc1cccc(-n2c3ccccc3c3ccc(-c4cccc(Oc5ccccn5)c4)cc32)n1. The molecule has 0 bridgehead atoms. The largest absolute Gasteiger partial charge is 0.439 e. The van der Waals surface area contributed by atoms with Crippen LogP contribution in [0.3, 0.4) is 0 Å². The Kier molecular flexibility index (Phi) is 5.04. The molecular weight excluding hydrogens is 418 g/mol. The van der Waals surface area contributed by atoms with E-state index in [1.165, 1.54) is 10.8 Å². The molecule has 0 amide bonds. The van der Waals surface area contributed by atoms with Gasteiger partial charge in [0, 0.05) is 28.7 Å². The van der Waals surface area contributed by atoms with Crippen molar-refractivity contribution in [1.29, 1.82) is 0 Å². The zero-order valence-electron chi connectivity index (χ0n) is 18.8. The number of para-hydroxylation sites is 1. The Bertz CT molecular complexity index is 1620. The minimum Gasteiger partial charge on any atom is -0.439 e. The van der Waals surface area contributed by atoms with Crippen LogP contribution in [-0.4, -0.2) is 14.5 Å². The highest BCUT2D eigenvalue weighted by Crippen LogP contribution is 2.35. The third kappa shape index (κ3) is 3.59. The maximum atomic E-state index is 5.97. The summed E-state index contributed by atoms with van der Waals surface area (Å²) in [5, 5.41) is 2.43. The second kappa shape index (κ2) is 8.49. The zero-order valence-corrected chi connectivity index (χ0v) is 18.8. The van der Waals surface area contributed by atoms with E-state index in [2.05, 4.69) is 89.3 Å². The molecule has 4 nitrogen and oxygen atoms in total. The van der Waals surface area contributed by atoms with Gasteiger partial charge in [0.1, 0.15) is 11.6 Å². The van der Waals surface area contributed by atoms with Gasteiger partial charge < -0.3 is 4.74 Å². The molecule has 0 radical (unpaired) electrons. The fraction of sp³-hybridized carbons (Fsp3) is 0.0667. The summed E-state index contributed by atoms with van der Waals surface area (Å²) in [5.74, 6) is 2.28. The molecule has 3 aromatic heterocycles. The average Bonchev–Trinajstić information content (AvgIpc) is 3.23. The predicted molar refractivity (Wildman–Crippen MR) is 138 cm³/mol. The lowest BCUT2D eigenvalue weighted by atomic mass is 10.0. The standard InChI is InChI=1S/C30H23N3O/c1-2-23-10-8-14-29(32-23)33-27-13-4-3-12-25(27)26-17-16-22(20-28(26)33)21-9-7-11-24(19-21)34-30-15-5-6-18-31-30/h3-20H,2H2,1H3. The van der Waals surface area contributed by atoms with Crippen molar-refractivity contribution in [2.75, 3.05) is 0 Å². The van der Waals surface area contributed by atoms with E-state index in [1.54, 1.807) is 6.20 Å². The minimum atomic E-state index is 0.581. The van der Waals surface area contributed by atoms with Crippen LogP contribution in [0.4, 0.5) is 0 Å².